The van der Waals surface area contributed by atoms with Gasteiger partial charge in [-0.2, -0.15) is 0 Å². The van der Waals surface area contributed by atoms with Gasteiger partial charge in [0.1, 0.15) is 0 Å². The smallest absolute Gasteiger partial charge is 0.306 e. The molecule has 0 aliphatic carbocycles. The number of aliphatic carboxylic acids is 2. The Balaban J connectivity index is 0. The van der Waals surface area contributed by atoms with Gasteiger partial charge in [0, 0.05) is 0 Å². The van der Waals surface area contributed by atoms with Gasteiger partial charge in [0.15, 0.2) is 0 Å². The normalized spacial score (nSPS) is 12.7. The Morgan fingerprint density at radius 2 is 1.00 bits per heavy atom. The average Bonchev–Trinajstić information content (AvgIpc) is 2.66. The number of hydrogen-bond donors (Lipinski definition) is 2. The fraction of sp³-hybridized carbons (Fsp3) is 0.917. The predicted octanol–water partition coefficient (Wildman–Crippen LogP) is 7.70. The molecule has 0 aromatic carbocycles. The highest BCUT2D eigenvalue weighted by molar-refractivity contribution is 5.69. The minimum Gasteiger partial charge on any atom is -0.481 e. The Morgan fingerprint density at radius 1 is 0.607 bits per heavy atom. The number of carbonyl (C=O) groups is 2. The Labute approximate surface area is 174 Å². The fourth-order valence-corrected chi connectivity index (χ4v) is 3.20. The second-order valence-electron chi connectivity index (χ2n) is 8.15. The van der Waals surface area contributed by atoms with Crippen molar-refractivity contribution in [3.8, 4) is 0 Å². The third-order valence-corrected chi connectivity index (χ3v) is 5.41. The number of rotatable bonds is 18. The molecule has 168 valence electrons. The summed E-state index contributed by atoms with van der Waals surface area (Å²) in [6.07, 6.45) is 18.7. The van der Waals surface area contributed by atoms with E-state index in [0.29, 0.717) is 0 Å². The summed E-state index contributed by atoms with van der Waals surface area (Å²) in [6, 6.07) is 0. The summed E-state index contributed by atoms with van der Waals surface area (Å²) in [4.78, 5) is 21.2. The zero-order chi connectivity index (χ0) is 21.6. The summed E-state index contributed by atoms with van der Waals surface area (Å²) in [5.41, 5.74) is 0. The van der Waals surface area contributed by atoms with E-state index in [0.717, 1.165) is 32.1 Å². The topological polar surface area (TPSA) is 74.6 Å². The van der Waals surface area contributed by atoms with Crippen LogP contribution in [-0.4, -0.2) is 22.2 Å². The molecular weight excluding hydrogens is 352 g/mol. The van der Waals surface area contributed by atoms with Crippen LogP contribution >= 0.6 is 0 Å². The van der Waals surface area contributed by atoms with E-state index in [9.17, 15) is 9.59 Å². The lowest BCUT2D eigenvalue weighted by Crippen LogP contribution is -2.12. The molecule has 0 saturated heterocycles. The van der Waals surface area contributed by atoms with Gasteiger partial charge in [-0.05, 0) is 19.3 Å². The van der Waals surface area contributed by atoms with E-state index < -0.39 is 11.9 Å². The molecule has 0 radical (unpaired) electrons. The first-order chi connectivity index (χ1) is 13.4. The molecule has 2 N–H and O–H groups in total. The van der Waals surface area contributed by atoms with Crippen molar-refractivity contribution in [2.24, 2.45) is 11.8 Å². The third-order valence-electron chi connectivity index (χ3n) is 5.41. The molecule has 0 aliphatic heterocycles. The zero-order valence-corrected chi connectivity index (χ0v) is 19.2. The summed E-state index contributed by atoms with van der Waals surface area (Å²) in [7, 11) is 0. The molecule has 4 heteroatoms. The van der Waals surface area contributed by atoms with Gasteiger partial charge in [-0.3, -0.25) is 9.59 Å². The van der Waals surface area contributed by atoms with Crippen LogP contribution in [0.25, 0.3) is 0 Å². The van der Waals surface area contributed by atoms with Crippen LogP contribution < -0.4 is 0 Å². The van der Waals surface area contributed by atoms with Crippen LogP contribution in [0.3, 0.4) is 0 Å². The number of carboxylic acid groups (broad SMARTS) is 2. The zero-order valence-electron chi connectivity index (χ0n) is 19.2. The minimum atomic E-state index is -0.656. The van der Waals surface area contributed by atoms with Gasteiger partial charge in [0.2, 0.25) is 0 Å². The molecular formula is C24H48O4. The third kappa shape index (κ3) is 21.2. The number of unbranched alkanes of at least 4 members (excludes halogenated alkanes) is 11. The van der Waals surface area contributed by atoms with Crippen molar-refractivity contribution in [1.29, 1.82) is 0 Å². The quantitative estimate of drug-likeness (QED) is 0.231. The first-order valence-electron chi connectivity index (χ1n) is 11.9. The lowest BCUT2D eigenvalue weighted by molar-refractivity contribution is -0.142. The van der Waals surface area contributed by atoms with Crippen LogP contribution in [0.5, 0.6) is 0 Å². The van der Waals surface area contributed by atoms with Crippen molar-refractivity contribution in [2.45, 2.75) is 130 Å². The van der Waals surface area contributed by atoms with Crippen LogP contribution in [0.4, 0.5) is 0 Å². The van der Waals surface area contributed by atoms with Crippen molar-refractivity contribution in [1.82, 2.24) is 0 Å². The Morgan fingerprint density at radius 3 is 1.36 bits per heavy atom. The largest absolute Gasteiger partial charge is 0.481 e. The minimum absolute atomic E-state index is 0.110. The SMILES string of the molecule is CCCCCCCCC(CC)C(=O)O.CCCCCCCCCC(C)C(=O)O. The summed E-state index contributed by atoms with van der Waals surface area (Å²) < 4.78 is 0. The van der Waals surface area contributed by atoms with Crippen molar-refractivity contribution >= 4 is 11.9 Å². The molecule has 0 heterocycles. The monoisotopic (exact) mass is 400 g/mol. The van der Waals surface area contributed by atoms with Crippen molar-refractivity contribution in [3.63, 3.8) is 0 Å². The van der Waals surface area contributed by atoms with Gasteiger partial charge in [-0.25, -0.2) is 0 Å². The highest BCUT2D eigenvalue weighted by Crippen LogP contribution is 2.15. The Bertz CT molecular complexity index is 355. The van der Waals surface area contributed by atoms with Gasteiger partial charge in [0.05, 0.1) is 11.8 Å². The van der Waals surface area contributed by atoms with Crippen LogP contribution in [0.2, 0.25) is 0 Å². The van der Waals surface area contributed by atoms with Crippen LogP contribution in [0.15, 0.2) is 0 Å². The van der Waals surface area contributed by atoms with Gasteiger partial charge < -0.3 is 10.2 Å². The first kappa shape index (κ1) is 29.1. The molecule has 0 spiro atoms. The molecule has 0 amide bonds. The van der Waals surface area contributed by atoms with Gasteiger partial charge in [-0.15, -0.1) is 0 Å². The van der Waals surface area contributed by atoms with Crippen LogP contribution in [0, 0.1) is 11.8 Å². The van der Waals surface area contributed by atoms with E-state index in [1.165, 1.54) is 70.6 Å². The van der Waals surface area contributed by atoms with E-state index in [1.807, 2.05) is 6.92 Å². The predicted molar refractivity (Wildman–Crippen MR) is 119 cm³/mol. The van der Waals surface area contributed by atoms with E-state index in [1.54, 1.807) is 6.92 Å². The molecule has 0 saturated carbocycles. The summed E-state index contributed by atoms with van der Waals surface area (Å²) in [5.74, 6) is -1.55. The molecule has 2 unspecified atom stereocenters. The summed E-state index contributed by atoms with van der Waals surface area (Å²) >= 11 is 0. The van der Waals surface area contributed by atoms with Crippen LogP contribution in [-0.2, 0) is 9.59 Å². The molecule has 4 nitrogen and oxygen atoms in total. The lowest BCUT2D eigenvalue weighted by atomic mass is 9.98. The maximum Gasteiger partial charge on any atom is 0.306 e. The van der Waals surface area contributed by atoms with Gasteiger partial charge in [-0.1, -0.05) is 111 Å². The van der Waals surface area contributed by atoms with Gasteiger partial charge >= 0.3 is 11.9 Å². The number of carboxylic acids is 2. The van der Waals surface area contributed by atoms with Crippen molar-refractivity contribution in [3.05, 3.63) is 0 Å². The first-order valence-corrected chi connectivity index (χ1v) is 11.9. The van der Waals surface area contributed by atoms with E-state index in [4.69, 9.17) is 10.2 Å². The molecule has 0 rings (SSSR count). The molecule has 0 bridgehead atoms. The maximum absolute atomic E-state index is 10.7. The van der Waals surface area contributed by atoms with Crippen molar-refractivity contribution in [2.75, 3.05) is 0 Å². The van der Waals surface area contributed by atoms with E-state index in [-0.39, 0.29) is 11.8 Å². The molecule has 0 aromatic heterocycles. The Hall–Kier alpha value is -1.06. The van der Waals surface area contributed by atoms with E-state index >= 15 is 0 Å². The highest BCUT2D eigenvalue weighted by atomic mass is 16.4. The standard InChI is InChI=1S/2C12H24O2/c1-3-4-5-6-7-8-9-10-11(2)12(13)14;1-3-5-6-7-8-9-10-11(4-2)12(13)14/h2*11H,3-10H2,1-2H3,(H,13,14). The summed E-state index contributed by atoms with van der Waals surface area (Å²) in [5, 5.41) is 17.5. The highest BCUT2D eigenvalue weighted by Gasteiger charge is 2.13. The maximum atomic E-state index is 10.7. The van der Waals surface area contributed by atoms with Crippen molar-refractivity contribution < 1.29 is 19.8 Å². The fourth-order valence-electron chi connectivity index (χ4n) is 3.20. The number of hydrogen-bond acceptors (Lipinski definition) is 2. The molecule has 0 fully saturated rings. The molecule has 28 heavy (non-hydrogen) atoms. The molecule has 0 aliphatic rings. The van der Waals surface area contributed by atoms with E-state index in [2.05, 4.69) is 13.8 Å². The second kappa shape index (κ2) is 22.2. The second-order valence-corrected chi connectivity index (χ2v) is 8.15. The molecule has 2 atom stereocenters. The average molecular weight is 401 g/mol. The Kier molecular flexibility index (Phi) is 23.1. The lowest BCUT2D eigenvalue weighted by Gasteiger charge is -2.08. The van der Waals surface area contributed by atoms with Gasteiger partial charge in [0.25, 0.3) is 0 Å². The molecule has 0 aromatic rings. The van der Waals surface area contributed by atoms with Crippen LogP contribution in [0.1, 0.15) is 130 Å². The summed E-state index contributed by atoms with van der Waals surface area (Å²) in [6.45, 7) is 8.17.